The molecule has 0 bridgehead atoms. The first-order valence-electron chi connectivity index (χ1n) is 8.81. The molecule has 0 aliphatic heterocycles. The molecule has 2 aromatic rings. The smallest absolute Gasteiger partial charge is 0.219 e. The van der Waals surface area contributed by atoms with E-state index in [0.29, 0.717) is 24.2 Å². The standard InChI is InChI=1S/C19H26ClFN2O2/c1-5-7-12(9-22-16(24)6-2)14-10-23-19-13(14)8-15(25-11(3)4)17(20)18(19)21/h8,10-12,23H,5-7,9H2,1-4H3,(H,22,24). The van der Waals surface area contributed by atoms with Gasteiger partial charge in [0, 0.05) is 30.5 Å². The fourth-order valence-corrected chi connectivity index (χ4v) is 3.15. The summed E-state index contributed by atoms with van der Waals surface area (Å²) < 4.78 is 20.3. The minimum atomic E-state index is -0.506. The van der Waals surface area contributed by atoms with Gasteiger partial charge in [-0.2, -0.15) is 0 Å². The van der Waals surface area contributed by atoms with Crippen LogP contribution in [0.5, 0.6) is 5.75 Å². The lowest BCUT2D eigenvalue weighted by molar-refractivity contribution is -0.120. The van der Waals surface area contributed by atoms with Gasteiger partial charge >= 0.3 is 0 Å². The molecule has 2 rings (SSSR count). The highest BCUT2D eigenvalue weighted by molar-refractivity contribution is 6.33. The van der Waals surface area contributed by atoms with Crippen molar-refractivity contribution in [3.05, 3.63) is 28.7 Å². The number of hydrogen-bond acceptors (Lipinski definition) is 2. The number of halogens is 2. The molecule has 0 aliphatic rings. The summed E-state index contributed by atoms with van der Waals surface area (Å²) in [6, 6.07) is 1.79. The first-order chi connectivity index (χ1) is 11.9. The largest absolute Gasteiger partial charge is 0.489 e. The Labute approximate surface area is 153 Å². The Morgan fingerprint density at radius 2 is 2.12 bits per heavy atom. The Morgan fingerprint density at radius 1 is 1.40 bits per heavy atom. The molecular formula is C19H26ClFN2O2. The zero-order chi connectivity index (χ0) is 18.6. The average Bonchev–Trinajstić information content (AvgIpc) is 2.99. The predicted octanol–water partition coefficient (Wildman–Crippen LogP) is 5.16. The molecule has 0 saturated carbocycles. The molecule has 0 fully saturated rings. The summed E-state index contributed by atoms with van der Waals surface area (Å²) in [4.78, 5) is 14.6. The van der Waals surface area contributed by atoms with Crippen LogP contribution in [0.4, 0.5) is 4.39 Å². The van der Waals surface area contributed by atoms with Crippen LogP contribution in [-0.4, -0.2) is 23.5 Å². The van der Waals surface area contributed by atoms with Gasteiger partial charge in [-0.1, -0.05) is 31.9 Å². The Hall–Kier alpha value is -1.75. The number of amides is 1. The maximum atomic E-state index is 14.6. The Kier molecular flexibility index (Phi) is 6.71. The van der Waals surface area contributed by atoms with Crippen LogP contribution in [-0.2, 0) is 4.79 Å². The van der Waals surface area contributed by atoms with Crippen molar-refractivity contribution in [2.45, 2.75) is 59.0 Å². The SMILES string of the molecule is CCCC(CNC(=O)CC)c1c[nH]c2c(F)c(Cl)c(OC(C)C)cc12. The van der Waals surface area contributed by atoms with Crippen LogP contribution >= 0.6 is 11.6 Å². The number of carbonyl (C=O) groups is 1. The summed E-state index contributed by atoms with van der Waals surface area (Å²) in [7, 11) is 0. The van der Waals surface area contributed by atoms with Crippen molar-refractivity contribution >= 4 is 28.4 Å². The molecule has 0 radical (unpaired) electrons. The Balaban J connectivity index is 2.44. The number of ether oxygens (including phenoxy) is 1. The van der Waals surface area contributed by atoms with Crippen molar-refractivity contribution in [2.24, 2.45) is 0 Å². The van der Waals surface area contributed by atoms with E-state index < -0.39 is 5.82 Å². The summed E-state index contributed by atoms with van der Waals surface area (Å²) >= 11 is 6.11. The lowest BCUT2D eigenvalue weighted by Gasteiger charge is -2.17. The van der Waals surface area contributed by atoms with E-state index in [9.17, 15) is 9.18 Å². The number of rotatable bonds is 8. The van der Waals surface area contributed by atoms with Crippen LogP contribution in [0, 0.1) is 5.82 Å². The molecule has 4 nitrogen and oxygen atoms in total. The second-order valence-corrected chi connectivity index (χ2v) is 6.86. The van der Waals surface area contributed by atoms with Crippen molar-refractivity contribution < 1.29 is 13.9 Å². The van der Waals surface area contributed by atoms with Crippen LogP contribution < -0.4 is 10.1 Å². The van der Waals surface area contributed by atoms with Crippen molar-refractivity contribution in [2.75, 3.05) is 6.54 Å². The molecule has 6 heteroatoms. The van der Waals surface area contributed by atoms with Gasteiger partial charge in [-0.15, -0.1) is 0 Å². The number of hydrogen-bond donors (Lipinski definition) is 2. The highest BCUT2D eigenvalue weighted by Gasteiger charge is 2.21. The second-order valence-electron chi connectivity index (χ2n) is 6.48. The van der Waals surface area contributed by atoms with Crippen LogP contribution in [0.15, 0.2) is 12.3 Å². The number of aromatic amines is 1. The van der Waals surface area contributed by atoms with E-state index in [1.54, 1.807) is 6.07 Å². The van der Waals surface area contributed by atoms with E-state index in [1.807, 2.05) is 27.0 Å². The quantitative estimate of drug-likeness (QED) is 0.676. The molecular weight excluding hydrogens is 343 g/mol. The number of aromatic nitrogens is 1. The van der Waals surface area contributed by atoms with E-state index in [1.165, 1.54) is 0 Å². The number of benzene rings is 1. The third-order valence-corrected chi connectivity index (χ3v) is 4.51. The summed E-state index contributed by atoms with van der Waals surface area (Å²) in [6.07, 6.45) is 4.00. The zero-order valence-corrected chi connectivity index (χ0v) is 16.0. The van der Waals surface area contributed by atoms with Crippen LogP contribution in [0.2, 0.25) is 5.02 Å². The summed E-state index contributed by atoms with van der Waals surface area (Å²) in [5.74, 6) is -0.0509. The molecule has 1 amide bonds. The molecule has 25 heavy (non-hydrogen) atoms. The van der Waals surface area contributed by atoms with Gasteiger partial charge in [-0.05, 0) is 31.9 Å². The van der Waals surface area contributed by atoms with Gasteiger partial charge in [0.25, 0.3) is 0 Å². The predicted molar refractivity (Wildman–Crippen MR) is 100.0 cm³/mol. The van der Waals surface area contributed by atoms with Crippen molar-refractivity contribution in [3.8, 4) is 5.75 Å². The van der Waals surface area contributed by atoms with E-state index in [4.69, 9.17) is 16.3 Å². The summed E-state index contributed by atoms with van der Waals surface area (Å²) in [6.45, 7) is 8.18. The maximum Gasteiger partial charge on any atom is 0.219 e. The average molecular weight is 369 g/mol. The van der Waals surface area contributed by atoms with Crippen LogP contribution in [0.1, 0.15) is 58.4 Å². The second kappa shape index (κ2) is 8.56. The third kappa shape index (κ3) is 4.46. The number of nitrogens with one attached hydrogen (secondary N) is 2. The normalized spacial score (nSPS) is 12.6. The van der Waals surface area contributed by atoms with E-state index >= 15 is 0 Å². The number of fused-ring (bicyclic) bond motifs is 1. The van der Waals surface area contributed by atoms with E-state index in [2.05, 4.69) is 17.2 Å². The van der Waals surface area contributed by atoms with Gasteiger partial charge in [0.1, 0.15) is 10.8 Å². The fourth-order valence-electron chi connectivity index (χ4n) is 2.95. The maximum absolute atomic E-state index is 14.6. The Bertz CT molecular complexity index is 743. The topological polar surface area (TPSA) is 54.1 Å². The lowest BCUT2D eigenvalue weighted by Crippen LogP contribution is -2.27. The summed E-state index contributed by atoms with van der Waals surface area (Å²) in [5.41, 5.74) is 1.34. The lowest BCUT2D eigenvalue weighted by atomic mass is 9.93. The number of H-pyrrole nitrogens is 1. The van der Waals surface area contributed by atoms with Gasteiger partial charge in [0.05, 0.1) is 11.6 Å². The molecule has 1 aromatic heterocycles. The highest BCUT2D eigenvalue weighted by atomic mass is 35.5. The molecule has 2 N–H and O–H groups in total. The first-order valence-corrected chi connectivity index (χ1v) is 9.19. The van der Waals surface area contributed by atoms with Crippen molar-refractivity contribution in [1.29, 1.82) is 0 Å². The zero-order valence-electron chi connectivity index (χ0n) is 15.2. The van der Waals surface area contributed by atoms with Crippen LogP contribution in [0.25, 0.3) is 10.9 Å². The third-order valence-electron chi connectivity index (χ3n) is 4.16. The van der Waals surface area contributed by atoms with E-state index in [0.717, 1.165) is 23.8 Å². The van der Waals surface area contributed by atoms with Crippen molar-refractivity contribution in [3.63, 3.8) is 0 Å². The first kappa shape index (κ1) is 19.6. The molecule has 138 valence electrons. The molecule has 0 saturated heterocycles. The minimum Gasteiger partial charge on any atom is -0.489 e. The van der Waals surface area contributed by atoms with Gasteiger partial charge in [0.2, 0.25) is 5.91 Å². The molecule has 0 spiro atoms. The fraction of sp³-hybridized carbons (Fsp3) is 0.526. The van der Waals surface area contributed by atoms with Crippen LogP contribution in [0.3, 0.4) is 0 Å². The monoisotopic (exact) mass is 368 g/mol. The van der Waals surface area contributed by atoms with E-state index in [-0.39, 0.29) is 23.0 Å². The highest BCUT2D eigenvalue weighted by Crippen LogP contribution is 2.38. The molecule has 1 heterocycles. The van der Waals surface area contributed by atoms with Gasteiger partial charge in [-0.3, -0.25) is 4.79 Å². The molecule has 1 aromatic carbocycles. The van der Waals surface area contributed by atoms with Gasteiger partial charge in [-0.25, -0.2) is 4.39 Å². The minimum absolute atomic E-state index is 0.0130. The summed E-state index contributed by atoms with van der Waals surface area (Å²) in [5, 5.41) is 3.68. The van der Waals surface area contributed by atoms with Gasteiger partial charge < -0.3 is 15.0 Å². The Morgan fingerprint density at radius 3 is 2.72 bits per heavy atom. The molecule has 1 unspecified atom stereocenters. The van der Waals surface area contributed by atoms with Crippen molar-refractivity contribution in [1.82, 2.24) is 10.3 Å². The molecule has 0 aliphatic carbocycles. The number of carbonyl (C=O) groups excluding carboxylic acids is 1. The van der Waals surface area contributed by atoms with Gasteiger partial charge in [0.15, 0.2) is 5.82 Å². The molecule has 1 atom stereocenters.